The van der Waals surface area contributed by atoms with Crippen LogP contribution >= 0.6 is 0 Å². The van der Waals surface area contributed by atoms with Gasteiger partial charge in [0.25, 0.3) is 11.9 Å². The number of ether oxygens (including phenoxy) is 1. The van der Waals surface area contributed by atoms with E-state index in [1.807, 2.05) is 19.9 Å². The predicted octanol–water partition coefficient (Wildman–Crippen LogP) is 1.34. The molecule has 0 atom stereocenters. The lowest BCUT2D eigenvalue weighted by atomic mass is 10.1. The Balaban J connectivity index is 1.72. The number of hydrogen-bond acceptors (Lipinski definition) is 8. The Labute approximate surface area is 184 Å². The fourth-order valence-corrected chi connectivity index (χ4v) is 3.78. The first kappa shape index (κ1) is 23.0. The quantitative estimate of drug-likeness (QED) is 0.523. The summed E-state index contributed by atoms with van der Waals surface area (Å²) in [5, 5.41) is 12.1. The third kappa shape index (κ3) is 5.34. The van der Waals surface area contributed by atoms with Gasteiger partial charge in [-0.05, 0) is 51.5 Å². The molecule has 0 saturated carbocycles. The van der Waals surface area contributed by atoms with Crippen molar-refractivity contribution in [2.24, 2.45) is 5.14 Å². The van der Waals surface area contributed by atoms with Crippen molar-refractivity contribution in [3.8, 4) is 5.95 Å². The second-order valence-electron chi connectivity index (χ2n) is 7.18. The predicted molar refractivity (Wildman–Crippen MR) is 115 cm³/mol. The molecule has 11 nitrogen and oxygen atoms in total. The molecule has 0 aliphatic carbocycles. The van der Waals surface area contributed by atoms with E-state index < -0.39 is 28.5 Å². The number of primary sulfonamides is 1. The number of aromatic nitrogens is 4. The van der Waals surface area contributed by atoms with E-state index in [9.17, 15) is 18.0 Å². The molecule has 168 valence electrons. The molecule has 0 bridgehead atoms. The Morgan fingerprint density at radius 1 is 1.03 bits per heavy atom. The zero-order chi connectivity index (χ0) is 23.6. The van der Waals surface area contributed by atoms with E-state index in [1.165, 1.54) is 16.8 Å². The minimum absolute atomic E-state index is 0.0445. The van der Waals surface area contributed by atoms with Gasteiger partial charge in [0.05, 0.1) is 16.2 Å². The van der Waals surface area contributed by atoms with Crippen molar-refractivity contribution in [1.29, 1.82) is 0 Å². The molecule has 0 fully saturated rings. The van der Waals surface area contributed by atoms with Crippen LogP contribution in [-0.4, -0.2) is 46.6 Å². The van der Waals surface area contributed by atoms with E-state index >= 15 is 0 Å². The maximum Gasteiger partial charge on any atom is 0.338 e. The van der Waals surface area contributed by atoms with Gasteiger partial charge in [0, 0.05) is 17.5 Å². The van der Waals surface area contributed by atoms with Crippen LogP contribution in [0.3, 0.4) is 0 Å². The van der Waals surface area contributed by atoms with Crippen molar-refractivity contribution in [1.82, 2.24) is 19.7 Å². The number of sulfonamides is 1. The summed E-state index contributed by atoms with van der Waals surface area (Å²) in [5.74, 6) is -0.895. The number of anilines is 1. The highest BCUT2D eigenvalue weighted by Crippen LogP contribution is 2.17. The molecular weight excluding hydrogens is 436 g/mol. The highest BCUT2D eigenvalue weighted by molar-refractivity contribution is 7.89. The molecule has 32 heavy (non-hydrogen) atoms. The van der Waals surface area contributed by atoms with Gasteiger partial charge in [-0.15, -0.1) is 0 Å². The van der Waals surface area contributed by atoms with Crippen LogP contribution in [0.1, 0.15) is 33.0 Å². The molecule has 3 rings (SSSR count). The van der Waals surface area contributed by atoms with Crippen molar-refractivity contribution in [2.45, 2.75) is 32.6 Å². The lowest BCUT2D eigenvalue weighted by Crippen LogP contribution is -2.23. The van der Waals surface area contributed by atoms with Gasteiger partial charge in [0.2, 0.25) is 10.0 Å². The second-order valence-corrected chi connectivity index (χ2v) is 8.71. The molecule has 0 aliphatic heterocycles. The highest BCUT2D eigenvalue weighted by atomic mass is 32.2. The van der Waals surface area contributed by atoms with Crippen LogP contribution in [-0.2, 0) is 19.6 Å². The molecule has 12 heteroatoms. The number of nitrogens with one attached hydrogen (secondary N) is 1. The van der Waals surface area contributed by atoms with E-state index in [0.29, 0.717) is 17.1 Å². The van der Waals surface area contributed by atoms with Gasteiger partial charge < -0.3 is 10.1 Å². The van der Waals surface area contributed by atoms with Crippen molar-refractivity contribution in [3.63, 3.8) is 0 Å². The van der Waals surface area contributed by atoms with Crippen LogP contribution in [0.5, 0.6) is 0 Å². The number of benzene rings is 1. The number of rotatable bonds is 6. The summed E-state index contributed by atoms with van der Waals surface area (Å²) in [6.45, 7) is 6.33. The smallest absolute Gasteiger partial charge is 0.338 e. The van der Waals surface area contributed by atoms with Gasteiger partial charge in [-0.25, -0.2) is 28.3 Å². The minimum Gasteiger partial charge on any atom is -0.452 e. The first-order chi connectivity index (χ1) is 14.9. The summed E-state index contributed by atoms with van der Waals surface area (Å²) < 4.78 is 29.7. The van der Waals surface area contributed by atoms with Crippen LogP contribution in [0.4, 0.5) is 5.82 Å². The minimum atomic E-state index is -4.01. The molecule has 3 N–H and O–H groups in total. The Hall–Kier alpha value is -3.64. The van der Waals surface area contributed by atoms with Gasteiger partial charge >= 0.3 is 5.97 Å². The molecule has 0 spiro atoms. The first-order valence-corrected chi connectivity index (χ1v) is 11.0. The number of aryl methyl sites for hydroxylation is 4. The average Bonchev–Trinajstić information content (AvgIpc) is 3.05. The third-order valence-corrected chi connectivity index (χ3v) is 5.38. The molecule has 0 unspecified atom stereocenters. The summed E-state index contributed by atoms with van der Waals surface area (Å²) in [6.07, 6.45) is 0. The fourth-order valence-electron chi connectivity index (χ4n) is 2.97. The summed E-state index contributed by atoms with van der Waals surface area (Å²) in [6, 6.07) is 7.37. The van der Waals surface area contributed by atoms with Crippen molar-refractivity contribution in [2.75, 3.05) is 11.9 Å². The molecule has 0 radical (unpaired) electrons. The van der Waals surface area contributed by atoms with Gasteiger partial charge in [-0.1, -0.05) is 6.07 Å². The van der Waals surface area contributed by atoms with Gasteiger partial charge in [0.15, 0.2) is 6.61 Å². The maximum atomic E-state index is 12.4. The molecule has 2 heterocycles. The molecular formula is C20H22N6O5S. The second kappa shape index (κ2) is 8.85. The van der Waals surface area contributed by atoms with Crippen LogP contribution in [0.25, 0.3) is 5.95 Å². The monoisotopic (exact) mass is 458 g/mol. The first-order valence-electron chi connectivity index (χ1n) is 9.44. The summed E-state index contributed by atoms with van der Waals surface area (Å²) in [4.78, 5) is 33.1. The number of carbonyl (C=O) groups is 2. The van der Waals surface area contributed by atoms with E-state index in [1.54, 1.807) is 19.9 Å². The van der Waals surface area contributed by atoms with Crippen molar-refractivity contribution < 1.29 is 22.7 Å². The standard InChI is InChI=1S/C20H22N6O5S/c1-11-5-6-15(9-16(11)32(21,29)30)19(28)31-10-18(27)24-17-8-14(4)25-26(17)20-22-12(2)7-13(3)23-20/h5-9H,10H2,1-4H3,(H,24,27)(H2,21,29,30). The zero-order valence-electron chi connectivity index (χ0n) is 17.9. The van der Waals surface area contributed by atoms with Crippen molar-refractivity contribution >= 4 is 27.7 Å². The number of esters is 1. The molecule has 2 aromatic heterocycles. The summed E-state index contributed by atoms with van der Waals surface area (Å²) >= 11 is 0. The van der Waals surface area contributed by atoms with E-state index in [4.69, 9.17) is 9.88 Å². The van der Waals surface area contributed by atoms with Crippen LogP contribution < -0.4 is 10.5 Å². The van der Waals surface area contributed by atoms with Gasteiger partial charge in [-0.3, -0.25) is 4.79 Å². The molecule has 0 aliphatic rings. The maximum absolute atomic E-state index is 12.4. The van der Waals surface area contributed by atoms with E-state index in [0.717, 1.165) is 17.5 Å². The SMILES string of the molecule is Cc1cc(C)nc(-n2nc(C)cc2NC(=O)COC(=O)c2ccc(C)c(S(N)(=O)=O)c2)n1. The van der Waals surface area contributed by atoms with Crippen LogP contribution in [0.2, 0.25) is 0 Å². The Morgan fingerprint density at radius 3 is 2.31 bits per heavy atom. The highest BCUT2D eigenvalue weighted by Gasteiger charge is 2.18. The Bertz CT molecular complexity index is 1300. The topological polar surface area (TPSA) is 159 Å². The lowest BCUT2D eigenvalue weighted by Gasteiger charge is -2.10. The normalized spacial score (nSPS) is 11.3. The lowest BCUT2D eigenvalue weighted by molar-refractivity contribution is -0.119. The van der Waals surface area contributed by atoms with Crippen LogP contribution in [0.15, 0.2) is 35.2 Å². The number of amides is 1. The zero-order valence-corrected chi connectivity index (χ0v) is 18.7. The Morgan fingerprint density at radius 2 is 1.69 bits per heavy atom. The molecule has 3 aromatic rings. The molecule has 0 saturated heterocycles. The van der Waals surface area contributed by atoms with Crippen molar-refractivity contribution in [3.05, 3.63) is 58.5 Å². The molecule has 1 aromatic carbocycles. The number of carbonyl (C=O) groups excluding carboxylic acids is 2. The van der Waals surface area contributed by atoms with Crippen LogP contribution in [0, 0.1) is 27.7 Å². The summed E-state index contributed by atoms with van der Waals surface area (Å²) in [5.41, 5.74) is 2.44. The number of hydrogen-bond donors (Lipinski definition) is 2. The largest absolute Gasteiger partial charge is 0.452 e. The average molecular weight is 459 g/mol. The fraction of sp³-hybridized carbons (Fsp3) is 0.250. The third-order valence-electron chi connectivity index (χ3n) is 4.32. The summed E-state index contributed by atoms with van der Waals surface area (Å²) in [7, 11) is -4.01. The number of nitrogens with two attached hydrogens (primary N) is 1. The van der Waals surface area contributed by atoms with E-state index in [2.05, 4.69) is 20.4 Å². The van der Waals surface area contributed by atoms with Gasteiger partial charge in [-0.2, -0.15) is 9.78 Å². The van der Waals surface area contributed by atoms with Gasteiger partial charge in [0.1, 0.15) is 5.82 Å². The van der Waals surface area contributed by atoms with E-state index in [-0.39, 0.29) is 16.4 Å². The molecule has 1 amide bonds. The Kier molecular flexibility index (Phi) is 6.37. The number of nitrogens with zero attached hydrogens (tertiary/aromatic N) is 4.